The number of rotatable bonds is 6. The number of thioether (sulfide) groups is 1. The highest BCUT2D eigenvalue weighted by molar-refractivity contribution is 7.98. The Labute approximate surface area is 151 Å². The minimum Gasteiger partial charge on any atom is -0.441 e. The Hall–Kier alpha value is -1.56. The van der Waals surface area contributed by atoms with Crippen molar-refractivity contribution in [1.29, 1.82) is 0 Å². The minimum atomic E-state index is 0.704. The van der Waals surface area contributed by atoms with Crippen LogP contribution in [-0.2, 0) is 13.1 Å². The standard InChI is InChI=1S/C19H22N2OS2/c1-13-9-10-24-18(13)12-21(3)11-17-14(2)22-19(20-17)15-5-7-16(23-4)8-6-15/h5-10H,11-12H2,1-4H3. The highest BCUT2D eigenvalue weighted by atomic mass is 32.2. The molecule has 0 bridgehead atoms. The first-order valence-electron chi connectivity index (χ1n) is 7.89. The molecule has 2 heterocycles. The number of hydrogen-bond acceptors (Lipinski definition) is 5. The molecule has 126 valence electrons. The number of nitrogens with zero attached hydrogens (tertiary/aromatic N) is 2. The van der Waals surface area contributed by atoms with Crippen molar-refractivity contribution in [2.75, 3.05) is 13.3 Å². The van der Waals surface area contributed by atoms with Gasteiger partial charge in [-0.25, -0.2) is 4.98 Å². The Morgan fingerprint density at radius 1 is 1.12 bits per heavy atom. The van der Waals surface area contributed by atoms with E-state index in [4.69, 9.17) is 9.40 Å². The molecule has 0 N–H and O–H groups in total. The molecule has 1 aromatic carbocycles. The molecule has 0 unspecified atom stereocenters. The van der Waals surface area contributed by atoms with Crippen LogP contribution in [0.25, 0.3) is 11.5 Å². The van der Waals surface area contributed by atoms with Gasteiger partial charge in [0.25, 0.3) is 0 Å². The third kappa shape index (κ3) is 3.91. The van der Waals surface area contributed by atoms with Crippen LogP contribution in [0.3, 0.4) is 0 Å². The Morgan fingerprint density at radius 3 is 2.50 bits per heavy atom. The van der Waals surface area contributed by atoms with Gasteiger partial charge in [0.15, 0.2) is 0 Å². The molecule has 0 aliphatic rings. The van der Waals surface area contributed by atoms with Gasteiger partial charge >= 0.3 is 0 Å². The molecule has 0 saturated heterocycles. The molecule has 0 aliphatic heterocycles. The van der Waals surface area contributed by atoms with Crippen molar-refractivity contribution < 1.29 is 4.42 Å². The Kier molecular flexibility index (Phi) is 5.43. The van der Waals surface area contributed by atoms with E-state index in [2.05, 4.69) is 60.8 Å². The summed E-state index contributed by atoms with van der Waals surface area (Å²) in [6.45, 7) is 5.88. The second-order valence-corrected chi connectivity index (χ2v) is 7.83. The van der Waals surface area contributed by atoms with Crippen LogP contribution in [0.4, 0.5) is 0 Å². The number of oxazole rings is 1. The van der Waals surface area contributed by atoms with Gasteiger partial charge in [-0.05, 0) is 68.4 Å². The van der Waals surface area contributed by atoms with E-state index in [-0.39, 0.29) is 0 Å². The average Bonchev–Trinajstić information content (AvgIpc) is 3.14. The van der Waals surface area contributed by atoms with Crippen molar-refractivity contribution in [1.82, 2.24) is 9.88 Å². The second kappa shape index (κ2) is 7.55. The van der Waals surface area contributed by atoms with E-state index < -0.39 is 0 Å². The molecule has 0 aliphatic carbocycles. The van der Waals surface area contributed by atoms with Crippen molar-refractivity contribution in [3.63, 3.8) is 0 Å². The summed E-state index contributed by atoms with van der Waals surface area (Å²) >= 11 is 3.55. The van der Waals surface area contributed by atoms with E-state index >= 15 is 0 Å². The van der Waals surface area contributed by atoms with E-state index in [0.717, 1.165) is 30.1 Å². The van der Waals surface area contributed by atoms with Gasteiger partial charge in [-0.3, -0.25) is 4.90 Å². The number of thiophene rings is 1. The SMILES string of the molecule is CSc1ccc(-c2nc(CN(C)Cc3sccc3C)c(C)o2)cc1. The molecule has 0 amide bonds. The van der Waals surface area contributed by atoms with Gasteiger partial charge < -0.3 is 4.42 Å². The lowest BCUT2D eigenvalue weighted by Crippen LogP contribution is -2.17. The van der Waals surface area contributed by atoms with Crippen molar-refractivity contribution in [3.8, 4) is 11.5 Å². The van der Waals surface area contributed by atoms with Gasteiger partial charge in [0, 0.05) is 28.4 Å². The van der Waals surface area contributed by atoms with Gasteiger partial charge in [-0.1, -0.05) is 0 Å². The van der Waals surface area contributed by atoms with Gasteiger partial charge in [0.05, 0.1) is 5.69 Å². The molecule has 24 heavy (non-hydrogen) atoms. The molecule has 3 rings (SSSR count). The summed E-state index contributed by atoms with van der Waals surface area (Å²) in [6, 6.07) is 10.5. The zero-order chi connectivity index (χ0) is 17.1. The fourth-order valence-electron chi connectivity index (χ4n) is 2.55. The maximum Gasteiger partial charge on any atom is 0.226 e. The van der Waals surface area contributed by atoms with Crippen LogP contribution in [-0.4, -0.2) is 23.2 Å². The highest BCUT2D eigenvalue weighted by Gasteiger charge is 2.14. The fourth-order valence-corrected chi connectivity index (χ4v) is 3.95. The molecule has 0 atom stereocenters. The van der Waals surface area contributed by atoms with E-state index in [0.29, 0.717) is 5.89 Å². The Balaban J connectivity index is 1.72. The summed E-state index contributed by atoms with van der Waals surface area (Å²) in [5, 5.41) is 2.15. The Bertz CT molecular complexity index is 805. The van der Waals surface area contributed by atoms with Crippen LogP contribution in [0.2, 0.25) is 0 Å². The van der Waals surface area contributed by atoms with E-state index in [9.17, 15) is 0 Å². The fraction of sp³-hybridized carbons (Fsp3) is 0.316. The Morgan fingerprint density at radius 2 is 1.88 bits per heavy atom. The van der Waals surface area contributed by atoms with Gasteiger partial charge in [0.1, 0.15) is 5.76 Å². The van der Waals surface area contributed by atoms with Crippen LogP contribution < -0.4 is 0 Å². The molecule has 0 saturated carbocycles. The third-order valence-electron chi connectivity index (χ3n) is 4.03. The molecule has 5 heteroatoms. The molecule has 0 fully saturated rings. The molecule has 3 aromatic rings. The largest absolute Gasteiger partial charge is 0.441 e. The van der Waals surface area contributed by atoms with Crippen molar-refractivity contribution in [2.24, 2.45) is 0 Å². The highest BCUT2D eigenvalue weighted by Crippen LogP contribution is 2.25. The molecule has 0 radical (unpaired) electrons. The normalized spacial score (nSPS) is 11.4. The predicted octanol–water partition coefficient (Wildman–Crippen LogP) is 5.37. The van der Waals surface area contributed by atoms with Crippen LogP contribution in [0, 0.1) is 13.8 Å². The number of aromatic nitrogens is 1. The third-order valence-corrected chi connectivity index (χ3v) is 5.78. The lowest BCUT2D eigenvalue weighted by atomic mass is 10.2. The zero-order valence-corrected chi connectivity index (χ0v) is 16.1. The molecular weight excluding hydrogens is 336 g/mol. The lowest BCUT2D eigenvalue weighted by molar-refractivity contribution is 0.315. The first-order valence-corrected chi connectivity index (χ1v) is 9.99. The topological polar surface area (TPSA) is 29.3 Å². The van der Waals surface area contributed by atoms with E-state index in [1.165, 1.54) is 15.3 Å². The summed E-state index contributed by atoms with van der Waals surface area (Å²) < 4.78 is 5.89. The number of aryl methyl sites for hydroxylation is 2. The summed E-state index contributed by atoms with van der Waals surface area (Å²) in [7, 11) is 2.13. The zero-order valence-electron chi connectivity index (χ0n) is 14.5. The minimum absolute atomic E-state index is 0.704. The summed E-state index contributed by atoms with van der Waals surface area (Å²) in [5.41, 5.74) is 3.40. The summed E-state index contributed by atoms with van der Waals surface area (Å²) in [4.78, 5) is 9.65. The number of hydrogen-bond donors (Lipinski definition) is 0. The molecule has 2 aromatic heterocycles. The number of benzene rings is 1. The van der Waals surface area contributed by atoms with Gasteiger partial charge in [0.2, 0.25) is 5.89 Å². The van der Waals surface area contributed by atoms with E-state index in [1.807, 2.05) is 18.3 Å². The van der Waals surface area contributed by atoms with Crippen molar-refractivity contribution >= 4 is 23.1 Å². The summed E-state index contributed by atoms with van der Waals surface area (Å²) in [5.74, 6) is 1.60. The molecule has 0 spiro atoms. The van der Waals surface area contributed by atoms with Crippen molar-refractivity contribution in [3.05, 3.63) is 57.6 Å². The van der Waals surface area contributed by atoms with Crippen LogP contribution in [0.1, 0.15) is 21.9 Å². The second-order valence-electron chi connectivity index (χ2n) is 5.95. The predicted molar refractivity (Wildman–Crippen MR) is 103 cm³/mol. The molecular formula is C19H22N2OS2. The smallest absolute Gasteiger partial charge is 0.226 e. The first kappa shape index (κ1) is 17.3. The maximum absolute atomic E-state index is 5.89. The van der Waals surface area contributed by atoms with Crippen LogP contribution >= 0.6 is 23.1 Å². The quantitative estimate of drug-likeness (QED) is 0.554. The first-order chi connectivity index (χ1) is 11.6. The van der Waals surface area contributed by atoms with Gasteiger partial charge in [-0.2, -0.15) is 0 Å². The van der Waals surface area contributed by atoms with Crippen LogP contribution in [0.15, 0.2) is 45.0 Å². The molecule has 3 nitrogen and oxygen atoms in total. The maximum atomic E-state index is 5.89. The lowest BCUT2D eigenvalue weighted by Gasteiger charge is -2.14. The van der Waals surface area contributed by atoms with Crippen molar-refractivity contribution in [2.45, 2.75) is 31.8 Å². The average molecular weight is 359 g/mol. The monoisotopic (exact) mass is 358 g/mol. The van der Waals surface area contributed by atoms with Crippen LogP contribution in [0.5, 0.6) is 0 Å². The summed E-state index contributed by atoms with van der Waals surface area (Å²) in [6.07, 6.45) is 2.08. The van der Waals surface area contributed by atoms with Gasteiger partial charge in [-0.15, -0.1) is 23.1 Å². The van der Waals surface area contributed by atoms with E-state index in [1.54, 1.807) is 11.8 Å².